The molecule has 1 aromatic rings. The molecule has 1 aliphatic carbocycles. The van der Waals surface area contributed by atoms with Crippen LogP contribution in [0.3, 0.4) is 0 Å². The lowest BCUT2D eigenvalue weighted by Crippen LogP contribution is -2.23. The molecular weight excluding hydrogens is 222 g/mol. The maximum absolute atomic E-state index is 9.57. The molecule has 0 aliphatic heterocycles. The number of para-hydroxylation sites is 1. The Morgan fingerprint density at radius 1 is 1.31 bits per heavy atom. The molecule has 0 atom stereocenters. The van der Waals surface area contributed by atoms with Gasteiger partial charge in [-0.25, -0.2) is 0 Å². The second-order valence-electron chi connectivity index (χ2n) is 4.59. The fourth-order valence-electron chi connectivity index (χ4n) is 1.95. The Morgan fingerprint density at radius 2 is 2.00 bits per heavy atom. The van der Waals surface area contributed by atoms with Gasteiger partial charge in [0.15, 0.2) is 0 Å². The number of hydrogen-bond acceptors (Lipinski definition) is 2. The zero-order valence-electron chi connectivity index (χ0n) is 9.70. The van der Waals surface area contributed by atoms with Gasteiger partial charge in [-0.15, -0.1) is 12.4 Å². The fraction of sp³-hybridized carbons (Fsp3) is 0.538. The maximum atomic E-state index is 9.57. The Hall–Kier alpha value is -0.730. The first-order valence-electron chi connectivity index (χ1n) is 5.73. The third kappa shape index (κ3) is 3.13. The number of nitrogens with one attached hydrogen (secondary N) is 1. The molecule has 1 aromatic carbocycles. The lowest BCUT2D eigenvalue weighted by molar-refractivity contribution is 0.432. The van der Waals surface area contributed by atoms with Gasteiger partial charge in [-0.05, 0) is 30.7 Å². The normalized spacial score (nSPS) is 16.6. The summed E-state index contributed by atoms with van der Waals surface area (Å²) in [4.78, 5) is 0. The van der Waals surface area contributed by atoms with E-state index < -0.39 is 0 Å². The van der Waals surface area contributed by atoms with Gasteiger partial charge in [0, 0.05) is 18.7 Å². The van der Waals surface area contributed by atoms with E-state index in [9.17, 15) is 5.11 Å². The van der Waals surface area contributed by atoms with Crippen molar-refractivity contribution in [2.45, 2.75) is 32.7 Å². The third-order valence-corrected chi connectivity index (χ3v) is 3.51. The van der Waals surface area contributed by atoms with Crippen LogP contribution >= 0.6 is 12.4 Å². The van der Waals surface area contributed by atoms with Gasteiger partial charge < -0.3 is 10.4 Å². The third-order valence-electron chi connectivity index (χ3n) is 3.51. The fourth-order valence-corrected chi connectivity index (χ4v) is 1.95. The van der Waals surface area contributed by atoms with E-state index in [1.54, 1.807) is 6.07 Å². The number of phenols is 1. The highest BCUT2D eigenvalue weighted by Gasteiger charge is 2.39. The van der Waals surface area contributed by atoms with Crippen molar-refractivity contribution in [3.05, 3.63) is 29.8 Å². The van der Waals surface area contributed by atoms with Gasteiger partial charge in [0.1, 0.15) is 5.75 Å². The second-order valence-corrected chi connectivity index (χ2v) is 4.59. The smallest absolute Gasteiger partial charge is 0.120 e. The predicted molar refractivity (Wildman–Crippen MR) is 69.0 cm³/mol. The Labute approximate surface area is 103 Å². The molecule has 0 amide bonds. The molecule has 90 valence electrons. The van der Waals surface area contributed by atoms with Crippen molar-refractivity contribution in [1.82, 2.24) is 5.32 Å². The zero-order chi connectivity index (χ0) is 10.7. The van der Waals surface area contributed by atoms with E-state index in [4.69, 9.17) is 0 Å². The largest absolute Gasteiger partial charge is 0.508 e. The molecular formula is C13H20ClNO. The average molecular weight is 242 g/mol. The van der Waals surface area contributed by atoms with Crippen LogP contribution in [0.5, 0.6) is 5.75 Å². The van der Waals surface area contributed by atoms with Crippen LogP contribution in [0.1, 0.15) is 31.7 Å². The van der Waals surface area contributed by atoms with Gasteiger partial charge in [0.25, 0.3) is 0 Å². The van der Waals surface area contributed by atoms with Gasteiger partial charge in [-0.3, -0.25) is 0 Å². The standard InChI is InChI=1S/C13H19NO.ClH/c1-2-13(7-8-13)10-14-9-11-5-3-4-6-12(11)15;/h3-6,14-15H,2,7-10H2,1H3;1H. The van der Waals surface area contributed by atoms with Gasteiger partial charge in [-0.2, -0.15) is 0 Å². The average Bonchev–Trinajstić information content (AvgIpc) is 3.02. The van der Waals surface area contributed by atoms with Crippen LogP contribution in [0.25, 0.3) is 0 Å². The lowest BCUT2D eigenvalue weighted by Gasteiger charge is -2.13. The summed E-state index contributed by atoms with van der Waals surface area (Å²) in [5.74, 6) is 0.395. The van der Waals surface area contributed by atoms with Crippen molar-refractivity contribution in [2.75, 3.05) is 6.54 Å². The number of hydrogen-bond donors (Lipinski definition) is 2. The highest BCUT2D eigenvalue weighted by Crippen LogP contribution is 2.47. The monoisotopic (exact) mass is 241 g/mol. The van der Waals surface area contributed by atoms with E-state index in [2.05, 4.69) is 12.2 Å². The van der Waals surface area contributed by atoms with Crippen LogP contribution in [0.15, 0.2) is 24.3 Å². The number of benzene rings is 1. The topological polar surface area (TPSA) is 32.3 Å². The molecule has 2 N–H and O–H groups in total. The van der Waals surface area contributed by atoms with Crippen LogP contribution in [0.4, 0.5) is 0 Å². The Balaban J connectivity index is 0.00000128. The molecule has 0 saturated heterocycles. The molecule has 0 spiro atoms. The van der Waals surface area contributed by atoms with Crippen molar-refractivity contribution in [3.63, 3.8) is 0 Å². The van der Waals surface area contributed by atoms with Crippen LogP contribution in [0, 0.1) is 5.41 Å². The number of halogens is 1. The van der Waals surface area contributed by atoms with Gasteiger partial charge >= 0.3 is 0 Å². The van der Waals surface area contributed by atoms with Gasteiger partial charge in [-0.1, -0.05) is 25.1 Å². The van der Waals surface area contributed by atoms with E-state index in [1.165, 1.54) is 19.3 Å². The molecule has 0 aromatic heterocycles. The Morgan fingerprint density at radius 3 is 2.56 bits per heavy atom. The highest BCUT2D eigenvalue weighted by atomic mass is 35.5. The molecule has 1 fully saturated rings. The first-order valence-corrected chi connectivity index (χ1v) is 5.73. The molecule has 0 bridgehead atoms. The van der Waals surface area contributed by atoms with Gasteiger partial charge in [0.2, 0.25) is 0 Å². The van der Waals surface area contributed by atoms with Gasteiger partial charge in [0.05, 0.1) is 0 Å². The molecule has 1 aliphatic rings. The quantitative estimate of drug-likeness (QED) is 0.831. The van der Waals surface area contributed by atoms with Crippen molar-refractivity contribution >= 4 is 12.4 Å². The van der Waals surface area contributed by atoms with E-state index in [1.807, 2.05) is 18.2 Å². The predicted octanol–water partition coefficient (Wildman–Crippen LogP) is 3.09. The minimum atomic E-state index is 0. The van der Waals surface area contributed by atoms with Crippen molar-refractivity contribution in [3.8, 4) is 5.75 Å². The summed E-state index contributed by atoms with van der Waals surface area (Å²) in [7, 11) is 0. The van der Waals surface area contributed by atoms with Crippen molar-refractivity contribution in [1.29, 1.82) is 0 Å². The number of aromatic hydroxyl groups is 1. The molecule has 0 radical (unpaired) electrons. The van der Waals surface area contributed by atoms with Crippen LogP contribution < -0.4 is 5.32 Å². The zero-order valence-corrected chi connectivity index (χ0v) is 10.5. The highest BCUT2D eigenvalue weighted by molar-refractivity contribution is 5.85. The van der Waals surface area contributed by atoms with Crippen LogP contribution in [-0.2, 0) is 6.54 Å². The molecule has 0 unspecified atom stereocenters. The first kappa shape index (κ1) is 13.3. The molecule has 16 heavy (non-hydrogen) atoms. The summed E-state index contributed by atoms with van der Waals surface area (Å²) in [6, 6.07) is 7.52. The van der Waals surface area contributed by atoms with Crippen LogP contribution in [-0.4, -0.2) is 11.7 Å². The summed E-state index contributed by atoms with van der Waals surface area (Å²) in [5.41, 5.74) is 1.56. The minimum absolute atomic E-state index is 0. The molecule has 2 nitrogen and oxygen atoms in total. The van der Waals surface area contributed by atoms with Crippen molar-refractivity contribution in [2.24, 2.45) is 5.41 Å². The van der Waals surface area contributed by atoms with E-state index >= 15 is 0 Å². The summed E-state index contributed by atoms with van der Waals surface area (Å²) < 4.78 is 0. The maximum Gasteiger partial charge on any atom is 0.120 e. The van der Waals surface area contributed by atoms with Crippen LogP contribution in [0.2, 0.25) is 0 Å². The molecule has 1 saturated carbocycles. The summed E-state index contributed by atoms with van der Waals surface area (Å²) in [6.07, 6.45) is 3.98. The molecule has 0 heterocycles. The Bertz CT molecular complexity index is 336. The summed E-state index contributed by atoms with van der Waals surface area (Å²) in [6.45, 7) is 4.11. The first-order chi connectivity index (χ1) is 7.26. The molecule has 3 heteroatoms. The second kappa shape index (κ2) is 5.55. The molecule has 2 rings (SSSR count). The lowest BCUT2D eigenvalue weighted by atomic mass is 10.0. The summed E-state index contributed by atoms with van der Waals surface area (Å²) >= 11 is 0. The van der Waals surface area contributed by atoms with Crippen molar-refractivity contribution < 1.29 is 5.11 Å². The SMILES string of the molecule is CCC1(CNCc2ccccc2O)CC1.Cl. The number of rotatable bonds is 5. The number of phenolic OH excluding ortho intramolecular Hbond substituents is 1. The summed E-state index contributed by atoms with van der Waals surface area (Å²) in [5, 5.41) is 13.0. The van der Waals surface area contributed by atoms with E-state index in [0.717, 1.165) is 18.7 Å². The Kier molecular flexibility index (Phi) is 4.63. The minimum Gasteiger partial charge on any atom is -0.508 e. The van der Waals surface area contributed by atoms with E-state index in [0.29, 0.717) is 11.2 Å². The van der Waals surface area contributed by atoms with E-state index in [-0.39, 0.29) is 12.4 Å².